The van der Waals surface area contributed by atoms with E-state index >= 15 is 0 Å². The van der Waals surface area contributed by atoms with Crippen molar-refractivity contribution >= 4 is 23.5 Å². The van der Waals surface area contributed by atoms with Crippen LogP contribution in [0.4, 0.5) is 5.69 Å². The van der Waals surface area contributed by atoms with E-state index < -0.39 is 5.97 Å². The van der Waals surface area contributed by atoms with Crippen molar-refractivity contribution in [3.8, 4) is 0 Å². The predicted molar refractivity (Wildman–Crippen MR) is 97.3 cm³/mol. The van der Waals surface area contributed by atoms with Crippen molar-refractivity contribution in [2.24, 2.45) is 0 Å². The molecular weight excluding hydrogens is 332 g/mol. The van der Waals surface area contributed by atoms with E-state index in [0.717, 1.165) is 22.4 Å². The molecule has 2 N–H and O–H groups in total. The highest BCUT2D eigenvalue weighted by Crippen LogP contribution is 2.27. The molecule has 0 radical (unpaired) electrons. The molecule has 0 atom stereocenters. The Labute approximate surface area is 151 Å². The van der Waals surface area contributed by atoms with E-state index in [1.807, 2.05) is 18.2 Å². The fourth-order valence-corrected chi connectivity index (χ4v) is 3.30. The van der Waals surface area contributed by atoms with Crippen LogP contribution < -0.4 is 5.32 Å². The van der Waals surface area contributed by atoms with Crippen molar-refractivity contribution in [2.45, 2.75) is 26.8 Å². The number of benzene rings is 2. The van der Waals surface area contributed by atoms with Crippen molar-refractivity contribution in [3.05, 3.63) is 64.2 Å². The van der Waals surface area contributed by atoms with Crippen LogP contribution in [0, 0.1) is 6.92 Å². The number of hydrogen-bond donors (Lipinski definition) is 2. The number of fused-ring (bicyclic) bond motifs is 1. The lowest BCUT2D eigenvalue weighted by atomic mass is 9.96. The van der Waals surface area contributed by atoms with Crippen molar-refractivity contribution < 1.29 is 19.5 Å². The monoisotopic (exact) mass is 352 g/mol. The van der Waals surface area contributed by atoms with Gasteiger partial charge in [0.25, 0.3) is 5.91 Å². The summed E-state index contributed by atoms with van der Waals surface area (Å²) >= 11 is 0. The van der Waals surface area contributed by atoms with Crippen LogP contribution in [0.15, 0.2) is 36.4 Å². The summed E-state index contributed by atoms with van der Waals surface area (Å²) in [5.74, 6) is -1.36. The summed E-state index contributed by atoms with van der Waals surface area (Å²) in [6.45, 7) is 4.18. The minimum Gasteiger partial charge on any atom is -0.478 e. The highest BCUT2D eigenvalue weighted by atomic mass is 16.4. The van der Waals surface area contributed by atoms with Gasteiger partial charge in [-0.25, -0.2) is 4.79 Å². The normalized spacial score (nSPS) is 13.1. The number of aromatic carboxylic acids is 1. The average Bonchev–Trinajstić information content (AvgIpc) is 2.60. The summed E-state index contributed by atoms with van der Waals surface area (Å²) < 4.78 is 0. The number of carbonyl (C=O) groups excluding carboxylic acids is 2. The summed E-state index contributed by atoms with van der Waals surface area (Å²) in [5, 5.41) is 12.0. The first kappa shape index (κ1) is 17.7. The maximum absolute atomic E-state index is 12.9. The zero-order chi connectivity index (χ0) is 18.8. The smallest absolute Gasteiger partial charge is 0.335 e. The Bertz CT molecular complexity index is 905. The Morgan fingerprint density at radius 2 is 1.85 bits per heavy atom. The van der Waals surface area contributed by atoms with Crippen LogP contribution in [0.25, 0.3) is 0 Å². The molecule has 2 amide bonds. The molecule has 1 aliphatic heterocycles. The van der Waals surface area contributed by atoms with Crippen molar-refractivity contribution in [1.29, 1.82) is 0 Å². The van der Waals surface area contributed by atoms with Gasteiger partial charge in [0.05, 0.1) is 5.56 Å². The largest absolute Gasteiger partial charge is 0.478 e. The number of rotatable bonds is 3. The Morgan fingerprint density at radius 3 is 2.54 bits per heavy atom. The minimum absolute atomic E-state index is 0.110. The van der Waals surface area contributed by atoms with Crippen LogP contribution in [0.2, 0.25) is 0 Å². The summed E-state index contributed by atoms with van der Waals surface area (Å²) in [7, 11) is 0. The van der Waals surface area contributed by atoms with Gasteiger partial charge in [0.15, 0.2) is 0 Å². The lowest BCUT2D eigenvalue weighted by molar-refractivity contribution is -0.114. The third kappa shape index (κ3) is 3.59. The van der Waals surface area contributed by atoms with Gasteiger partial charge in [-0.1, -0.05) is 12.1 Å². The molecule has 6 heteroatoms. The topological polar surface area (TPSA) is 86.7 Å². The number of amides is 2. The zero-order valence-electron chi connectivity index (χ0n) is 14.7. The Kier molecular flexibility index (Phi) is 4.75. The molecular formula is C20H20N2O4. The molecule has 3 rings (SSSR count). The van der Waals surface area contributed by atoms with E-state index in [2.05, 4.69) is 5.32 Å². The van der Waals surface area contributed by atoms with Gasteiger partial charge in [-0.2, -0.15) is 0 Å². The first-order valence-electron chi connectivity index (χ1n) is 8.38. The quantitative estimate of drug-likeness (QED) is 0.889. The first-order chi connectivity index (χ1) is 12.3. The zero-order valence-corrected chi connectivity index (χ0v) is 14.7. The van der Waals surface area contributed by atoms with E-state index in [-0.39, 0.29) is 17.4 Å². The molecule has 2 aromatic rings. The molecule has 0 saturated heterocycles. The molecule has 0 fully saturated rings. The number of carboxylic acids is 1. The molecule has 0 spiro atoms. The van der Waals surface area contributed by atoms with Crippen LogP contribution in [0.1, 0.15) is 44.3 Å². The predicted octanol–water partition coefficient (Wildman–Crippen LogP) is 2.85. The summed E-state index contributed by atoms with van der Waals surface area (Å²) in [6, 6.07) is 10.3. The summed E-state index contributed by atoms with van der Waals surface area (Å²) in [4.78, 5) is 37.2. The highest BCUT2D eigenvalue weighted by Gasteiger charge is 2.24. The van der Waals surface area contributed by atoms with Crippen LogP contribution >= 0.6 is 0 Å². The number of nitrogens with one attached hydrogen (secondary N) is 1. The Morgan fingerprint density at radius 1 is 1.12 bits per heavy atom. The molecule has 0 unspecified atom stereocenters. The van der Waals surface area contributed by atoms with Crippen LogP contribution in [-0.4, -0.2) is 34.3 Å². The molecule has 1 aliphatic rings. The average molecular weight is 352 g/mol. The lowest BCUT2D eigenvalue weighted by Gasteiger charge is -2.30. The van der Waals surface area contributed by atoms with Gasteiger partial charge >= 0.3 is 5.97 Å². The van der Waals surface area contributed by atoms with Crippen LogP contribution in [0.5, 0.6) is 0 Å². The van der Waals surface area contributed by atoms with Gasteiger partial charge < -0.3 is 15.3 Å². The minimum atomic E-state index is -1.05. The molecule has 0 aliphatic carbocycles. The van der Waals surface area contributed by atoms with Gasteiger partial charge in [-0.3, -0.25) is 9.59 Å². The molecule has 0 aromatic heterocycles. The second kappa shape index (κ2) is 7.00. The number of carboxylic acid groups (broad SMARTS) is 1. The van der Waals surface area contributed by atoms with Crippen LogP contribution in [-0.2, 0) is 17.8 Å². The van der Waals surface area contributed by atoms with E-state index in [1.54, 1.807) is 24.0 Å². The SMILES string of the molecule is CC(=O)Nc1cccc2c1CCN(C(=O)c1cc(C)cc(C(=O)O)c1)C2. The summed E-state index contributed by atoms with van der Waals surface area (Å²) in [5.41, 5.74) is 4.04. The number of nitrogens with zero attached hydrogens (tertiary/aromatic N) is 1. The molecule has 2 aromatic carbocycles. The third-order valence-corrected chi connectivity index (χ3v) is 4.44. The summed E-state index contributed by atoms with van der Waals surface area (Å²) in [6.07, 6.45) is 0.634. The van der Waals surface area contributed by atoms with E-state index in [0.29, 0.717) is 25.1 Å². The van der Waals surface area contributed by atoms with Crippen molar-refractivity contribution in [3.63, 3.8) is 0 Å². The van der Waals surface area contributed by atoms with Gasteiger partial charge in [0, 0.05) is 31.3 Å². The highest BCUT2D eigenvalue weighted by molar-refractivity contribution is 5.98. The van der Waals surface area contributed by atoms with Gasteiger partial charge in [0.1, 0.15) is 0 Å². The maximum atomic E-state index is 12.9. The third-order valence-electron chi connectivity index (χ3n) is 4.44. The molecule has 0 saturated carbocycles. The molecule has 6 nitrogen and oxygen atoms in total. The second-order valence-corrected chi connectivity index (χ2v) is 6.49. The number of aryl methyl sites for hydroxylation is 1. The number of anilines is 1. The van der Waals surface area contributed by atoms with Gasteiger partial charge in [0.2, 0.25) is 5.91 Å². The second-order valence-electron chi connectivity index (χ2n) is 6.49. The molecule has 26 heavy (non-hydrogen) atoms. The Hall–Kier alpha value is -3.15. The number of carbonyl (C=O) groups is 3. The van der Waals surface area contributed by atoms with Crippen molar-refractivity contribution in [2.75, 3.05) is 11.9 Å². The van der Waals surface area contributed by atoms with E-state index in [1.165, 1.54) is 13.0 Å². The molecule has 134 valence electrons. The van der Waals surface area contributed by atoms with Gasteiger partial charge in [-0.05, 0) is 54.3 Å². The van der Waals surface area contributed by atoms with E-state index in [9.17, 15) is 19.5 Å². The van der Waals surface area contributed by atoms with E-state index in [4.69, 9.17) is 0 Å². The Balaban J connectivity index is 1.86. The molecule has 0 bridgehead atoms. The fraction of sp³-hybridized carbons (Fsp3) is 0.250. The standard InChI is InChI=1S/C20H20N2O4/c1-12-8-15(10-16(9-12)20(25)26)19(24)22-7-6-17-14(11-22)4-3-5-18(17)21-13(2)23/h3-5,8-10H,6-7,11H2,1-2H3,(H,21,23)(H,25,26). The fourth-order valence-electron chi connectivity index (χ4n) is 3.30. The van der Waals surface area contributed by atoms with Crippen molar-refractivity contribution in [1.82, 2.24) is 4.90 Å². The maximum Gasteiger partial charge on any atom is 0.335 e. The number of hydrogen-bond acceptors (Lipinski definition) is 3. The van der Waals surface area contributed by atoms with Crippen LogP contribution in [0.3, 0.4) is 0 Å². The molecule has 1 heterocycles. The first-order valence-corrected chi connectivity index (χ1v) is 8.38. The lowest BCUT2D eigenvalue weighted by Crippen LogP contribution is -2.36. The van der Waals surface area contributed by atoms with Gasteiger partial charge in [-0.15, -0.1) is 0 Å².